The fourth-order valence-corrected chi connectivity index (χ4v) is 2.66. The van der Waals surface area contributed by atoms with E-state index < -0.39 is 12.1 Å². The standard InChI is InChI=1S/C17H20N4O4/c1-11(17-19-12(2)20-25-17)18-16(23)14-9-24-10-15(22)21(14)8-13-6-4-3-5-7-13/h3-7,11,14H,8-10H2,1-2H3,(H,18,23)/t11-,14+/m1/s1. The van der Waals surface area contributed by atoms with Crippen LogP contribution in [0.25, 0.3) is 0 Å². The van der Waals surface area contributed by atoms with Crippen molar-refractivity contribution >= 4 is 11.8 Å². The molecule has 1 aliphatic rings. The van der Waals surface area contributed by atoms with E-state index >= 15 is 0 Å². The van der Waals surface area contributed by atoms with Crippen molar-refractivity contribution in [2.75, 3.05) is 13.2 Å². The van der Waals surface area contributed by atoms with Gasteiger partial charge in [-0.05, 0) is 19.4 Å². The van der Waals surface area contributed by atoms with Crippen molar-refractivity contribution in [3.63, 3.8) is 0 Å². The zero-order valence-electron chi connectivity index (χ0n) is 14.1. The molecule has 1 fully saturated rings. The number of amides is 2. The molecule has 25 heavy (non-hydrogen) atoms. The Hall–Kier alpha value is -2.74. The highest BCUT2D eigenvalue weighted by atomic mass is 16.5. The largest absolute Gasteiger partial charge is 0.369 e. The van der Waals surface area contributed by atoms with Crippen LogP contribution in [0, 0.1) is 6.92 Å². The Morgan fingerprint density at radius 2 is 2.16 bits per heavy atom. The van der Waals surface area contributed by atoms with Crippen LogP contribution >= 0.6 is 0 Å². The number of aromatic nitrogens is 2. The normalized spacial score (nSPS) is 18.9. The van der Waals surface area contributed by atoms with Crippen LogP contribution in [0.1, 0.15) is 30.2 Å². The van der Waals surface area contributed by atoms with Gasteiger partial charge in [0.1, 0.15) is 18.7 Å². The Labute approximate surface area is 145 Å². The molecule has 1 aromatic heterocycles. The summed E-state index contributed by atoms with van der Waals surface area (Å²) in [6, 6.07) is 8.38. The van der Waals surface area contributed by atoms with Crippen molar-refractivity contribution in [2.45, 2.75) is 32.5 Å². The minimum Gasteiger partial charge on any atom is -0.369 e. The minimum atomic E-state index is -0.701. The van der Waals surface area contributed by atoms with Crippen LogP contribution in [-0.4, -0.2) is 46.1 Å². The van der Waals surface area contributed by atoms with E-state index in [9.17, 15) is 9.59 Å². The van der Waals surface area contributed by atoms with E-state index in [0.29, 0.717) is 18.3 Å². The van der Waals surface area contributed by atoms with E-state index in [-0.39, 0.29) is 25.0 Å². The number of carbonyl (C=O) groups excluding carboxylic acids is 2. The fourth-order valence-electron chi connectivity index (χ4n) is 2.66. The highest BCUT2D eigenvalue weighted by Gasteiger charge is 2.35. The highest BCUT2D eigenvalue weighted by Crippen LogP contribution is 2.16. The molecule has 8 heteroatoms. The molecule has 2 amide bonds. The lowest BCUT2D eigenvalue weighted by Crippen LogP contribution is -2.56. The Morgan fingerprint density at radius 3 is 2.84 bits per heavy atom. The molecule has 0 spiro atoms. The van der Waals surface area contributed by atoms with Crippen LogP contribution in [-0.2, 0) is 20.9 Å². The molecule has 132 valence electrons. The van der Waals surface area contributed by atoms with Crippen LogP contribution in [0.15, 0.2) is 34.9 Å². The van der Waals surface area contributed by atoms with Gasteiger partial charge in [0, 0.05) is 6.54 Å². The van der Waals surface area contributed by atoms with Gasteiger partial charge in [0.2, 0.25) is 17.7 Å². The van der Waals surface area contributed by atoms with Gasteiger partial charge < -0.3 is 19.5 Å². The first kappa shape index (κ1) is 17.1. The van der Waals surface area contributed by atoms with E-state index in [1.165, 1.54) is 0 Å². The van der Waals surface area contributed by atoms with E-state index in [2.05, 4.69) is 15.5 Å². The third-order valence-electron chi connectivity index (χ3n) is 3.97. The first-order valence-electron chi connectivity index (χ1n) is 8.06. The third kappa shape index (κ3) is 4.03. The van der Waals surface area contributed by atoms with Crippen LogP contribution in [0.5, 0.6) is 0 Å². The molecule has 1 aliphatic heterocycles. The van der Waals surface area contributed by atoms with Crippen molar-refractivity contribution in [1.29, 1.82) is 0 Å². The van der Waals surface area contributed by atoms with Gasteiger partial charge in [0.15, 0.2) is 5.82 Å². The van der Waals surface area contributed by atoms with E-state index in [1.54, 1.807) is 18.7 Å². The molecule has 0 aliphatic carbocycles. The summed E-state index contributed by atoms with van der Waals surface area (Å²) in [4.78, 5) is 30.6. The summed E-state index contributed by atoms with van der Waals surface area (Å²) in [5.41, 5.74) is 0.955. The van der Waals surface area contributed by atoms with Crippen LogP contribution < -0.4 is 5.32 Å². The van der Waals surface area contributed by atoms with Gasteiger partial charge in [0.05, 0.1) is 6.61 Å². The predicted molar refractivity (Wildman–Crippen MR) is 87.2 cm³/mol. The van der Waals surface area contributed by atoms with Gasteiger partial charge in [-0.25, -0.2) is 0 Å². The number of benzene rings is 1. The monoisotopic (exact) mass is 344 g/mol. The quantitative estimate of drug-likeness (QED) is 0.868. The van der Waals surface area contributed by atoms with E-state index in [1.807, 2.05) is 30.3 Å². The van der Waals surface area contributed by atoms with E-state index in [4.69, 9.17) is 9.26 Å². The second-order valence-corrected chi connectivity index (χ2v) is 5.95. The second kappa shape index (κ2) is 7.43. The van der Waals surface area contributed by atoms with E-state index in [0.717, 1.165) is 5.56 Å². The summed E-state index contributed by atoms with van der Waals surface area (Å²) < 4.78 is 10.3. The number of nitrogens with one attached hydrogen (secondary N) is 1. The Morgan fingerprint density at radius 1 is 1.40 bits per heavy atom. The number of nitrogens with zero attached hydrogens (tertiary/aromatic N) is 3. The topological polar surface area (TPSA) is 97.6 Å². The van der Waals surface area contributed by atoms with Crippen molar-refractivity contribution in [2.24, 2.45) is 0 Å². The average Bonchev–Trinajstić information content (AvgIpc) is 3.04. The number of carbonyl (C=O) groups is 2. The number of hydrogen-bond acceptors (Lipinski definition) is 6. The number of ether oxygens (including phenoxy) is 1. The molecule has 2 heterocycles. The number of rotatable bonds is 5. The lowest BCUT2D eigenvalue weighted by molar-refractivity contribution is -0.156. The molecule has 0 radical (unpaired) electrons. The molecule has 0 unspecified atom stereocenters. The van der Waals surface area contributed by atoms with Gasteiger partial charge >= 0.3 is 0 Å². The first-order chi connectivity index (χ1) is 12.0. The SMILES string of the molecule is Cc1noc([C@@H](C)NC(=O)[C@@H]2COCC(=O)N2Cc2ccccc2)n1. The van der Waals surface area contributed by atoms with Crippen molar-refractivity contribution in [3.8, 4) is 0 Å². The van der Waals surface area contributed by atoms with Crippen LogP contribution in [0.4, 0.5) is 0 Å². The van der Waals surface area contributed by atoms with Gasteiger partial charge in [-0.2, -0.15) is 4.98 Å². The maximum atomic E-state index is 12.7. The van der Waals surface area contributed by atoms with Crippen molar-refractivity contribution < 1.29 is 18.8 Å². The summed E-state index contributed by atoms with van der Waals surface area (Å²) in [5.74, 6) is 0.297. The van der Waals surface area contributed by atoms with Gasteiger partial charge in [-0.15, -0.1) is 0 Å². The fraction of sp³-hybridized carbons (Fsp3) is 0.412. The number of aryl methyl sites for hydroxylation is 1. The predicted octanol–water partition coefficient (Wildman–Crippen LogP) is 0.983. The smallest absolute Gasteiger partial charge is 0.249 e. The van der Waals surface area contributed by atoms with Crippen molar-refractivity contribution in [3.05, 3.63) is 47.6 Å². The van der Waals surface area contributed by atoms with Crippen molar-refractivity contribution in [1.82, 2.24) is 20.4 Å². The average molecular weight is 344 g/mol. The van der Waals surface area contributed by atoms with Crippen LogP contribution in [0.2, 0.25) is 0 Å². The molecular formula is C17H20N4O4. The summed E-state index contributed by atoms with van der Waals surface area (Å²) in [6.07, 6.45) is 0. The third-order valence-corrected chi connectivity index (χ3v) is 3.97. The summed E-state index contributed by atoms with van der Waals surface area (Å²) in [5, 5.41) is 6.52. The molecule has 1 N–H and O–H groups in total. The van der Waals surface area contributed by atoms with Crippen LogP contribution in [0.3, 0.4) is 0 Å². The molecule has 3 rings (SSSR count). The zero-order chi connectivity index (χ0) is 17.8. The maximum absolute atomic E-state index is 12.7. The second-order valence-electron chi connectivity index (χ2n) is 5.95. The molecule has 1 aromatic carbocycles. The van der Waals surface area contributed by atoms with Gasteiger partial charge in [-0.1, -0.05) is 35.5 Å². The summed E-state index contributed by atoms with van der Waals surface area (Å²) in [7, 11) is 0. The molecular weight excluding hydrogens is 324 g/mol. The zero-order valence-corrected chi connectivity index (χ0v) is 14.1. The molecule has 0 bridgehead atoms. The Bertz CT molecular complexity index is 746. The lowest BCUT2D eigenvalue weighted by atomic mass is 10.1. The molecule has 2 aromatic rings. The lowest BCUT2D eigenvalue weighted by Gasteiger charge is -2.34. The minimum absolute atomic E-state index is 0.0188. The molecule has 2 atom stereocenters. The summed E-state index contributed by atoms with van der Waals surface area (Å²) >= 11 is 0. The molecule has 1 saturated heterocycles. The Kier molecular flexibility index (Phi) is 5.08. The summed E-state index contributed by atoms with van der Waals surface area (Å²) in [6.45, 7) is 3.94. The molecule has 0 saturated carbocycles. The van der Waals surface area contributed by atoms with Gasteiger partial charge in [-0.3, -0.25) is 9.59 Å². The molecule has 8 nitrogen and oxygen atoms in total. The number of morpholine rings is 1. The highest BCUT2D eigenvalue weighted by molar-refractivity contribution is 5.89. The number of hydrogen-bond donors (Lipinski definition) is 1. The van der Waals surface area contributed by atoms with Gasteiger partial charge in [0.25, 0.3) is 0 Å². The maximum Gasteiger partial charge on any atom is 0.249 e. The first-order valence-corrected chi connectivity index (χ1v) is 8.06. The Balaban J connectivity index is 1.71.